The molecule has 100 valence electrons. The molecular weight excluding hydrogens is 290 g/mol. The lowest BCUT2D eigenvalue weighted by molar-refractivity contribution is -0.385. The maximum Gasteiger partial charge on any atom is 0.273 e. The Morgan fingerprint density at radius 3 is 2.74 bits per heavy atom. The maximum atomic E-state index is 12.1. The van der Waals surface area contributed by atoms with Crippen molar-refractivity contribution in [3.63, 3.8) is 0 Å². The first-order valence-electron chi connectivity index (χ1n) is 5.08. The Bertz CT molecular complexity index is 710. The fraction of sp³-hybridized carbons (Fsp3) is 0.100. The first-order chi connectivity index (χ1) is 8.92. The number of nitrogens with one attached hydrogen (secondary N) is 1. The summed E-state index contributed by atoms with van der Waals surface area (Å²) >= 11 is 1.13. The summed E-state index contributed by atoms with van der Waals surface area (Å²) in [6.45, 7) is 1.40. The van der Waals surface area contributed by atoms with Crippen LogP contribution in [0.25, 0.3) is 0 Å². The van der Waals surface area contributed by atoms with Crippen LogP contribution in [0.2, 0.25) is 0 Å². The van der Waals surface area contributed by atoms with Gasteiger partial charge in [-0.05, 0) is 13.0 Å². The van der Waals surface area contributed by atoms with Crippen molar-refractivity contribution in [3.8, 4) is 0 Å². The zero-order chi connectivity index (χ0) is 14.0. The molecular formula is C10H9N3O4S2. The van der Waals surface area contributed by atoms with Crippen molar-refractivity contribution in [2.45, 2.75) is 11.8 Å². The molecule has 0 amide bonds. The molecule has 0 spiro atoms. The number of nitro benzene ring substituents is 1. The predicted octanol–water partition coefficient (Wildman–Crippen LogP) is 2.16. The van der Waals surface area contributed by atoms with Crippen molar-refractivity contribution >= 4 is 32.2 Å². The molecule has 0 saturated heterocycles. The van der Waals surface area contributed by atoms with Crippen LogP contribution >= 0.6 is 11.3 Å². The number of sulfonamides is 1. The minimum absolute atomic E-state index is 0.0940. The van der Waals surface area contributed by atoms with Crippen molar-refractivity contribution in [3.05, 3.63) is 45.5 Å². The summed E-state index contributed by atoms with van der Waals surface area (Å²) in [5.41, 5.74) is -0.140. The monoisotopic (exact) mass is 299 g/mol. The Morgan fingerprint density at radius 2 is 2.16 bits per heavy atom. The second-order valence-corrected chi connectivity index (χ2v) is 6.15. The molecule has 0 fully saturated rings. The number of benzene rings is 1. The van der Waals surface area contributed by atoms with E-state index in [0.717, 1.165) is 11.3 Å². The van der Waals surface area contributed by atoms with E-state index in [9.17, 15) is 18.5 Å². The van der Waals surface area contributed by atoms with Gasteiger partial charge in [-0.25, -0.2) is 13.4 Å². The molecule has 1 aromatic heterocycles. The van der Waals surface area contributed by atoms with Gasteiger partial charge in [-0.2, -0.15) is 0 Å². The van der Waals surface area contributed by atoms with Gasteiger partial charge in [0.15, 0.2) is 5.13 Å². The number of nitro groups is 1. The van der Waals surface area contributed by atoms with Gasteiger partial charge in [0.2, 0.25) is 0 Å². The van der Waals surface area contributed by atoms with Gasteiger partial charge in [-0.1, -0.05) is 6.07 Å². The Hall–Kier alpha value is -2.00. The molecule has 0 aliphatic rings. The molecule has 0 atom stereocenters. The topological polar surface area (TPSA) is 102 Å². The molecule has 2 aromatic rings. The van der Waals surface area contributed by atoms with Gasteiger partial charge in [0.1, 0.15) is 0 Å². The van der Waals surface area contributed by atoms with E-state index < -0.39 is 14.9 Å². The number of hydrogen-bond acceptors (Lipinski definition) is 6. The van der Waals surface area contributed by atoms with Crippen molar-refractivity contribution in [2.75, 3.05) is 4.72 Å². The van der Waals surface area contributed by atoms with Crippen LogP contribution in [0.1, 0.15) is 5.56 Å². The number of anilines is 1. The van der Waals surface area contributed by atoms with Crippen molar-refractivity contribution in [1.82, 2.24) is 4.98 Å². The minimum Gasteiger partial charge on any atom is -0.258 e. The fourth-order valence-corrected chi connectivity index (χ4v) is 3.59. The zero-order valence-corrected chi connectivity index (χ0v) is 11.4. The molecule has 0 unspecified atom stereocenters. The quantitative estimate of drug-likeness (QED) is 0.688. The van der Waals surface area contributed by atoms with E-state index in [0.29, 0.717) is 0 Å². The van der Waals surface area contributed by atoms with Crippen LogP contribution in [0.5, 0.6) is 0 Å². The summed E-state index contributed by atoms with van der Waals surface area (Å²) in [5.74, 6) is 0. The molecule has 7 nitrogen and oxygen atoms in total. The van der Waals surface area contributed by atoms with E-state index in [2.05, 4.69) is 9.71 Å². The third-order valence-electron chi connectivity index (χ3n) is 2.40. The number of rotatable bonds is 4. The first-order valence-corrected chi connectivity index (χ1v) is 7.44. The van der Waals surface area contributed by atoms with Crippen LogP contribution in [0.15, 0.2) is 34.7 Å². The molecule has 0 aliphatic heterocycles. The highest BCUT2D eigenvalue weighted by molar-refractivity contribution is 7.93. The van der Waals surface area contributed by atoms with E-state index in [1.54, 1.807) is 5.38 Å². The highest BCUT2D eigenvalue weighted by Gasteiger charge is 2.23. The smallest absolute Gasteiger partial charge is 0.258 e. The second kappa shape index (κ2) is 4.94. The molecule has 0 aliphatic carbocycles. The molecule has 19 heavy (non-hydrogen) atoms. The van der Waals surface area contributed by atoms with Gasteiger partial charge in [0.25, 0.3) is 15.7 Å². The van der Waals surface area contributed by atoms with E-state index in [1.807, 2.05) is 0 Å². The standard InChI is InChI=1S/C10H9N3O4S2/c1-7-8(13(14)15)3-2-4-9(7)19(16,17)12-10-11-5-6-18-10/h2-6H,1H3,(H,11,12). The predicted molar refractivity (Wildman–Crippen MR) is 70.8 cm³/mol. The Morgan fingerprint density at radius 1 is 1.42 bits per heavy atom. The molecule has 1 N–H and O–H groups in total. The third-order valence-corrected chi connectivity index (χ3v) is 4.70. The van der Waals surface area contributed by atoms with Gasteiger partial charge in [0.05, 0.1) is 9.82 Å². The van der Waals surface area contributed by atoms with Gasteiger partial charge < -0.3 is 0 Å². The van der Waals surface area contributed by atoms with Gasteiger partial charge in [-0.15, -0.1) is 11.3 Å². The van der Waals surface area contributed by atoms with Crippen LogP contribution in [0, 0.1) is 17.0 Å². The summed E-state index contributed by atoms with van der Waals surface area (Å²) in [5, 5.41) is 12.6. The number of aromatic nitrogens is 1. The summed E-state index contributed by atoms with van der Waals surface area (Å²) in [4.78, 5) is 13.9. The Labute approximate surface area is 113 Å². The summed E-state index contributed by atoms with van der Waals surface area (Å²) < 4.78 is 26.5. The van der Waals surface area contributed by atoms with E-state index in [4.69, 9.17) is 0 Å². The Kier molecular flexibility index (Phi) is 3.49. The molecule has 0 saturated carbocycles. The molecule has 9 heteroatoms. The molecule has 1 aromatic carbocycles. The first kappa shape index (κ1) is 13.4. The Balaban J connectivity index is 2.47. The van der Waals surface area contributed by atoms with Gasteiger partial charge >= 0.3 is 0 Å². The lowest BCUT2D eigenvalue weighted by Crippen LogP contribution is -2.14. The van der Waals surface area contributed by atoms with Crippen molar-refractivity contribution < 1.29 is 13.3 Å². The zero-order valence-electron chi connectivity index (χ0n) is 9.73. The number of nitrogens with zero attached hydrogens (tertiary/aromatic N) is 2. The number of hydrogen-bond donors (Lipinski definition) is 1. The number of thiazole rings is 1. The van der Waals surface area contributed by atoms with Gasteiger partial charge in [0, 0.05) is 23.2 Å². The van der Waals surface area contributed by atoms with E-state index in [1.165, 1.54) is 31.3 Å². The fourth-order valence-electron chi connectivity index (χ4n) is 1.54. The summed E-state index contributed by atoms with van der Waals surface area (Å²) in [6, 6.07) is 3.91. The van der Waals surface area contributed by atoms with Crippen molar-refractivity contribution in [2.24, 2.45) is 0 Å². The average molecular weight is 299 g/mol. The third kappa shape index (κ3) is 2.71. The van der Waals surface area contributed by atoms with Crippen LogP contribution in [0.3, 0.4) is 0 Å². The largest absolute Gasteiger partial charge is 0.273 e. The molecule has 0 bridgehead atoms. The van der Waals surface area contributed by atoms with Crippen molar-refractivity contribution in [1.29, 1.82) is 0 Å². The lowest BCUT2D eigenvalue weighted by Gasteiger charge is -2.08. The molecule has 1 heterocycles. The summed E-state index contributed by atoms with van der Waals surface area (Å²) in [6.07, 6.45) is 1.46. The SMILES string of the molecule is Cc1c([N+](=O)[O-])cccc1S(=O)(=O)Nc1nccs1. The molecule has 2 rings (SSSR count). The minimum atomic E-state index is -3.88. The van der Waals surface area contributed by atoms with Crippen LogP contribution < -0.4 is 4.72 Å². The lowest BCUT2D eigenvalue weighted by atomic mass is 10.2. The van der Waals surface area contributed by atoms with E-state index >= 15 is 0 Å². The van der Waals surface area contributed by atoms with Crippen LogP contribution in [0.4, 0.5) is 10.8 Å². The second-order valence-electron chi connectivity index (χ2n) is 3.60. The average Bonchev–Trinajstić information content (AvgIpc) is 2.80. The summed E-state index contributed by atoms with van der Waals surface area (Å²) in [7, 11) is -3.88. The highest BCUT2D eigenvalue weighted by Crippen LogP contribution is 2.26. The maximum absolute atomic E-state index is 12.1. The highest BCUT2D eigenvalue weighted by atomic mass is 32.2. The van der Waals surface area contributed by atoms with Crippen LogP contribution in [-0.4, -0.2) is 18.3 Å². The van der Waals surface area contributed by atoms with Gasteiger partial charge in [-0.3, -0.25) is 14.8 Å². The molecule has 0 radical (unpaired) electrons. The van der Waals surface area contributed by atoms with E-state index in [-0.39, 0.29) is 21.3 Å². The van der Waals surface area contributed by atoms with Crippen LogP contribution in [-0.2, 0) is 10.0 Å². The normalized spacial score (nSPS) is 11.2.